The van der Waals surface area contributed by atoms with Crippen LogP contribution < -0.4 is 0 Å². The predicted octanol–water partition coefficient (Wildman–Crippen LogP) is 5.90. The summed E-state index contributed by atoms with van der Waals surface area (Å²) in [5.41, 5.74) is 0. The molecule has 0 nitrogen and oxygen atoms in total. The van der Waals surface area contributed by atoms with E-state index in [2.05, 4.69) is 53.9 Å². The zero-order valence-corrected chi connectivity index (χ0v) is 13.2. The highest BCUT2D eigenvalue weighted by Crippen LogP contribution is 2.46. The Hall–Kier alpha value is 1.14. The molecule has 1 fully saturated rings. The van der Waals surface area contributed by atoms with Crippen LogP contribution in [0.3, 0.4) is 0 Å². The number of thiophene rings is 1. The Bertz CT molecular complexity index is 296. The van der Waals surface area contributed by atoms with Gasteiger partial charge in [0, 0.05) is 9.35 Å². The topological polar surface area (TPSA) is 0 Å². The van der Waals surface area contributed by atoms with Gasteiger partial charge in [0.2, 0.25) is 0 Å². The van der Waals surface area contributed by atoms with E-state index in [4.69, 9.17) is 0 Å². The Balaban J connectivity index is 2.13. The van der Waals surface area contributed by atoms with Crippen molar-refractivity contribution in [2.45, 2.75) is 30.5 Å². The second kappa shape index (κ2) is 4.98. The fourth-order valence-electron chi connectivity index (χ4n) is 1.98. The average Bonchev–Trinajstić information content (AvgIpc) is 2.76. The number of hydrogen-bond donors (Lipinski definition) is 0. The lowest BCUT2D eigenvalue weighted by Gasteiger charge is -2.14. The first kappa shape index (κ1) is 11.6. The first-order chi connectivity index (χ1) is 6.68. The average molecular weight is 403 g/mol. The molecule has 1 unspecified atom stereocenters. The van der Waals surface area contributed by atoms with Crippen molar-refractivity contribution >= 4 is 59.1 Å². The molecular formula is C10H11Br3S. The maximum absolute atomic E-state index is 3.83. The van der Waals surface area contributed by atoms with E-state index in [1.165, 1.54) is 38.8 Å². The highest BCUT2D eigenvalue weighted by molar-refractivity contribution is 9.13. The highest BCUT2D eigenvalue weighted by Gasteiger charge is 2.25. The van der Waals surface area contributed by atoms with Crippen molar-refractivity contribution in [3.63, 3.8) is 0 Å². The fraction of sp³-hybridized carbons (Fsp3) is 0.600. The molecule has 0 saturated heterocycles. The molecule has 1 aromatic rings. The molecule has 1 heterocycles. The summed E-state index contributed by atoms with van der Waals surface area (Å²) in [4.78, 5) is 1.99. The Morgan fingerprint density at radius 2 is 1.93 bits per heavy atom. The molecule has 2 rings (SSSR count). The van der Waals surface area contributed by atoms with Gasteiger partial charge in [0.1, 0.15) is 0 Å². The molecule has 1 atom stereocenters. The standard InChI is InChI=1S/C10H11Br3S/c11-7-5-8(14-10(7)13)9(12)6-3-1-2-4-6/h5-6,9H,1-4H2. The first-order valence-electron chi connectivity index (χ1n) is 4.77. The van der Waals surface area contributed by atoms with E-state index in [0.717, 1.165) is 5.92 Å². The molecule has 0 bridgehead atoms. The van der Waals surface area contributed by atoms with Crippen LogP contribution in [0.15, 0.2) is 14.3 Å². The largest absolute Gasteiger partial charge is 0.131 e. The molecule has 1 aromatic heterocycles. The molecule has 0 aliphatic heterocycles. The normalized spacial score (nSPS) is 20.2. The molecule has 4 heteroatoms. The zero-order chi connectivity index (χ0) is 10.1. The summed E-state index contributed by atoms with van der Waals surface area (Å²) in [6, 6.07) is 2.23. The summed E-state index contributed by atoms with van der Waals surface area (Å²) >= 11 is 12.7. The third-order valence-corrected chi connectivity index (χ3v) is 7.63. The minimum atomic E-state index is 0.553. The SMILES string of the molecule is Brc1cc(C(Br)C2CCCC2)sc1Br. The summed E-state index contributed by atoms with van der Waals surface area (Å²) in [7, 11) is 0. The molecule has 1 aliphatic rings. The van der Waals surface area contributed by atoms with Gasteiger partial charge in [0.15, 0.2) is 0 Å². The number of hydrogen-bond acceptors (Lipinski definition) is 1. The van der Waals surface area contributed by atoms with Crippen molar-refractivity contribution in [3.8, 4) is 0 Å². The Morgan fingerprint density at radius 3 is 2.43 bits per heavy atom. The minimum absolute atomic E-state index is 0.553. The van der Waals surface area contributed by atoms with E-state index in [-0.39, 0.29) is 0 Å². The van der Waals surface area contributed by atoms with Crippen LogP contribution in [-0.4, -0.2) is 0 Å². The third-order valence-electron chi connectivity index (χ3n) is 2.75. The summed E-state index contributed by atoms with van der Waals surface area (Å²) < 4.78 is 2.38. The summed E-state index contributed by atoms with van der Waals surface area (Å²) in [6.07, 6.45) is 5.56. The van der Waals surface area contributed by atoms with E-state index >= 15 is 0 Å². The lowest BCUT2D eigenvalue weighted by molar-refractivity contribution is 0.546. The second-order valence-corrected chi connectivity index (χ2v) is 7.96. The molecule has 78 valence electrons. The van der Waals surface area contributed by atoms with Gasteiger partial charge < -0.3 is 0 Å². The molecule has 0 radical (unpaired) electrons. The van der Waals surface area contributed by atoms with Crippen LogP contribution in [0.4, 0.5) is 0 Å². The molecule has 0 spiro atoms. The monoisotopic (exact) mass is 400 g/mol. The lowest BCUT2D eigenvalue weighted by atomic mass is 10.0. The highest BCUT2D eigenvalue weighted by atomic mass is 79.9. The predicted molar refractivity (Wildman–Crippen MR) is 73.3 cm³/mol. The van der Waals surface area contributed by atoms with E-state index in [1.807, 2.05) is 11.3 Å². The van der Waals surface area contributed by atoms with Crippen LogP contribution >= 0.6 is 59.1 Å². The summed E-state index contributed by atoms with van der Waals surface area (Å²) in [5.74, 6) is 0.840. The van der Waals surface area contributed by atoms with E-state index in [1.54, 1.807) is 0 Å². The quantitative estimate of drug-likeness (QED) is 0.540. The van der Waals surface area contributed by atoms with Gasteiger partial charge in [0.05, 0.1) is 8.61 Å². The van der Waals surface area contributed by atoms with E-state index in [9.17, 15) is 0 Å². The van der Waals surface area contributed by atoms with Gasteiger partial charge in [-0.05, 0) is 56.7 Å². The molecule has 1 aliphatic carbocycles. The summed E-state index contributed by atoms with van der Waals surface area (Å²) in [5, 5.41) is 0. The van der Waals surface area contributed by atoms with E-state index < -0.39 is 0 Å². The molecule has 1 saturated carbocycles. The van der Waals surface area contributed by atoms with Crippen LogP contribution in [0.2, 0.25) is 0 Å². The van der Waals surface area contributed by atoms with Crippen molar-refractivity contribution in [2.24, 2.45) is 5.92 Å². The molecular weight excluding hydrogens is 392 g/mol. The molecule has 0 amide bonds. The smallest absolute Gasteiger partial charge is 0.0843 e. The van der Waals surface area contributed by atoms with Crippen LogP contribution in [0, 0.1) is 5.92 Å². The van der Waals surface area contributed by atoms with Crippen molar-refractivity contribution in [2.75, 3.05) is 0 Å². The third kappa shape index (κ3) is 2.45. The van der Waals surface area contributed by atoms with Gasteiger partial charge in [-0.2, -0.15) is 0 Å². The van der Waals surface area contributed by atoms with E-state index in [0.29, 0.717) is 4.83 Å². The Labute approximate surface area is 114 Å². The maximum atomic E-state index is 3.83. The lowest BCUT2D eigenvalue weighted by Crippen LogP contribution is -2.00. The Morgan fingerprint density at radius 1 is 1.29 bits per heavy atom. The molecule has 14 heavy (non-hydrogen) atoms. The Kier molecular flexibility index (Phi) is 4.13. The molecule has 0 N–H and O–H groups in total. The van der Waals surface area contributed by atoms with Crippen LogP contribution in [0.5, 0.6) is 0 Å². The van der Waals surface area contributed by atoms with Gasteiger partial charge >= 0.3 is 0 Å². The second-order valence-electron chi connectivity index (χ2n) is 3.72. The van der Waals surface area contributed by atoms with Gasteiger partial charge in [-0.25, -0.2) is 0 Å². The number of alkyl halides is 1. The van der Waals surface area contributed by atoms with Gasteiger partial charge in [-0.3, -0.25) is 0 Å². The van der Waals surface area contributed by atoms with Crippen molar-refractivity contribution in [1.29, 1.82) is 0 Å². The number of rotatable bonds is 2. The van der Waals surface area contributed by atoms with Gasteiger partial charge in [-0.15, -0.1) is 11.3 Å². The van der Waals surface area contributed by atoms with Crippen molar-refractivity contribution in [1.82, 2.24) is 0 Å². The first-order valence-corrected chi connectivity index (χ1v) is 8.09. The van der Waals surface area contributed by atoms with Crippen LogP contribution in [0.1, 0.15) is 35.4 Å². The minimum Gasteiger partial charge on any atom is -0.131 e. The van der Waals surface area contributed by atoms with Crippen LogP contribution in [-0.2, 0) is 0 Å². The zero-order valence-electron chi connectivity index (χ0n) is 7.60. The number of halogens is 3. The van der Waals surface area contributed by atoms with Crippen LogP contribution in [0.25, 0.3) is 0 Å². The van der Waals surface area contributed by atoms with Gasteiger partial charge in [0.25, 0.3) is 0 Å². The maximum Gasteiger partial charge on any atom is 0.0843 e. The van der Waals surface area contributed by atoms with Crippen molar-refractivity contribution < 1.29 is 0 Å². The fourth-order valence-corrected chi connectivity index (χ4v) is 5.08. The van der Waals surface area contributed by atoms with Crippen molar-refractivity contribution in [3.05, 3.63) is 19.2 Å². The summed E-state index contributed by atoms with van der Waals surface area (Å²) in [6.45, 7) is 0. The molecule has 0 aromatic carbocycles. The van der Waals surface area contributed by atoms with Gasteiger partial charge in [-0.1, -0.05) is 28.8 Å².